The van der Waals surface area contributed by atoms with Crippen molar-refractivity contribution in [3.05, 3.63) is 65.7 Å². The van der Waals surface area contributed by atoms with Gasteiger partial charge in [-0.15, -0.1) is 0 Å². The molecule has 0 spiro atoms. The van der Waals surface area contributed by atoms with Gasteiger partial charge in [-0.05, 0) is 30.3 Å². The van der Waals surface area contributed by atoms with Crippen molar-refractivity contribution in [1.82, 2.24) is 10.9 Å². The van der Waals surface area contributed by atoms with Gasteiger partial charge >= 0.3 is 12.1 Å². The molecule has 0 aromatic heterocycles. The number of esters is 1. The number of carbonyl (C=O) groups excluding carboxylic acids is 4. The third-order valence-corrected chi connectivity index (χ3v) is 3.75. The molecule has 0 heterocycles. The van der Waals surface area contributed by atoms with Crippen molar-refractivity contribution in [2.75, 3.05) is 11.9 Å². The van der Waals surface area contributed by atoms with Crippen LogP contribution in [0, 0.1) is 0 Å². The van der Waals surface area contributed by atoms with Gasteiger partial charge < -0.3 is 10.1 Å². The van der Waals surface area contributed by atoms with Crippen LogP contribution in [0.5, 0.6) is 0 Å². The summed E-state index contributed by atoms with van der Waals surface area (Å²) in [5, 5.41) is 2.25. The van der Waals surface area contributed by atoms with E-state index in [0.29, 0.717) is 5.56 Å². The molecule has 2 rings (SSSR count). The van der Waals surface area contributed by atoms with Crippen LogP contribution in [-0.4, -0.2) is 30.3 Å². The lowest BCUT2D eigenvalue weighted by Gasteiger charge is -2.10. The van der Waals surface area contributed by atoms with Crippen molar-refractivity contribution < 1.29 is 37.1 Å². The smallest absolute Gasteiger partial charge is 0.416 e. The van der Waals surface area contributed by atoms with E-state index in [1.54, 1.807) is 18.2 Å². The zero-order valence-electron chi connectivity index (χ0n) is 16.0. The third kappa shape index (κ3) is 8.17. The molecule has 0 atom stereocenters. The molecule has 3 amide bonds. The summed E-state index contributed by atoms with van der Waals surface area (Å²) in [5.74, 6) is -2.93. The number of rotatable bonds is 7. The molecule has 8 nitrogen and oxygen atoms in total. The highest BCUT2D eigenvalue weighted by molar-refractivity contribution is 5.95. The molecular weight excluding hydrogens is 419 g/mol. The Morgan fingerprint density at radius 3 is 2.23 bits per heavy atom. The first-order valence-electron chi connectivity index (χ1n) is 8.92. The minimum absolute atomic E-state index is 0.0678. The predicted octanol–water partition coefficient (Wildman–Crippen LogP) is 2.43. The summed E-state index contributed by atoms with van der Waals surface area (Å²) in [6.07, 6.45) is -5.30. The standard InChI is InChI=1S/C20H18F3N3O5/c21-20(22,23)14-7-4-8-15(11-14)24-16(27)9-10-18(29)31-12-17(28)25-26-19(30)13-5-2-1-3-6-13/h1-8,11H,9-10,12H2,(H,24,27)(H,25,28)(H,26,30). The highest BCUT2D eigenvalue weighted by Gasteiger charge is 2.30. The first kappa shape index (κ1) is 23.4. The van der Waals surface area contributed by atoms with Crippen molar-refractivity contribution >= 4 is 29.4 Å². The minimum Gasteiger partial charge on any atom is -0.455 e. The van der Waals surface area contributed by atoms with Crippen LogP contribution in [0.4, 0.5) is 18.9 Å². The molecular formula is C20H18F3N3O5. The van der Waals surface area contributed by atoms with E-state index in [1.807, 2.05) is 0 Å². The van der Waals surface area contributed by atoms with Gasteiger partial charge in [0.05, 0.1) is 12.0 Å². The van der Waals surface area contributed by atoms with Crippen molar-refractivity contribution in [2.45, 2.75) is 19.0 Å². The van der Waals surface area contributed by atoms with Gasteiger partial charge in [0.15, 0.2) is 6.61 Å². The second-order valence-electron chi connectivity index (χ2n) is 6.16. The Hall–Kier alpha value is -3.89. The fraction of sp³-hybridized carbons (Fsp3) is 0.200. The average Bonchev–Trinajstić information content (AvgIpc) is 2.74. The van der Waals surface area contributed by atoms with Crippen LogP contribution in [0.25, 0.3) is 0 Å². The molecule has 0 aliphatic carbocycles. The molecule has 0 aliphatic rings. The van der Waals surface area contributed by atoms with E-state index in [2.05, 4.69) is 20.9 Å². The molecule has 0 aliphatic heterocycles. The molecule has 2 aromatic rings. The summed E-state index contributed by atoms with van der Waals surface area (Å²) in [6.45, 7) is -0.691. The normalized spacial score (nSPS) is 10.7. The Bertz CT molecular complexity index is 949. The number of nitrogens with one attached hydrogen (secondary N) is 3. The van der Waals surface area contributed by atoms with Crippen LogP contribution in [0.1, 0.15) is 28.8 Å². The molecule has 0 bridgehead atoms. The number of amides is 3. The number of carbonyl (C=O) groups is 4. The Kier molecular flexibility index (Phi) is 8.12. The fourth-order valence-electron chi connectivity index (χ4n) is 2.25. The Morgan fingerprint density at radius 1 is 0.839 bits per heavy atom. The van der Waals surface area contributed by atoms with Crippen LogP contribution < -0.4 is 16.2 Å². The molecule has 164 valence electrons. The lowest BCUT2D eigenvalue weighted by molar-refractivity contribution is -0.149. The molecule has 0 saturated carbocycles. The van der Waals surface area contributed by atoms with Gasteiger partial charge in [0.2, 0.25) is 5.91 Å². The Balaban J connectivity index is 1.68. The Morgan fingerprint density at radius 2 is 1.55 bits per heavy atom. The number of ether oxygens (including phenoxy) is 1. The van der Waals surface area contributed by atoms with E-state index in [9.17, 15) is 32.3 Å². The summed E-state index contributed by atoms with van der Waals surface area (Å²) >= 11 is 0. The summed E-state index contributed by atoms with van der Waals surface area (Å²) in [4.78, 5) is 46.8. The lowest BCUT2D eigenvalue weighted by Crippen LogP contribution is -2.43. The SMILES string of the molecule is O=C(COC(=O)CCC(=O)Nc1cccc(C(F)(F)F)c1)NNC(=O)c1ccccc1. The van der Waals surface area contributed by atoms with Gasteiger partial charge in [-0.2, -0.15) is 13.2 Å². The highest BCUT2D eigenvalue weighted by atomic mass is 19.4. The van der Waals surface area contributed by atoms with Gasteiger partial charge in [0.1, 0.15) is 0 Å². The average molecular weight is 437 g/mol. The number of hydrazine groups is 1. The van der Waals surface area contributed by atoms with Gasteiger partial charge in [-0.1, -0.05) is 24.3 Å². The fourth-order valence-corrected chi connectivity index (χ4v) is 2.25. The number of hydrogen-bond donors (Lipinski definition) is 3. The monoisotopic (exact) mass is 437 g/mol. The second-order valence-corrected chi connectivity index (χ2v) is 6.16. The minimum atomic E-state index is -4.55. The maximum Gasteiger partial charge on any atom is 0.416 e. The van der Waals surface area contributed by atoms with E-state index < -0.39 is 48.5 Å². The highest BCUT2D eigenvalue weighted by Crippen LogP contribution is 2.30. The molecule has 2 aromatic carbocycles. The number of hydrogen-bond acceptors (Lipinski definition) is 5. The largest absolute Gasteiger partial charge is 0.455 e. The van der Waals surface area contributed by atoms with Crippen molar-refractivity contribution in [3.63, 3.8) is 0 Å². The Labute approximate surface area is 174 Å². The number of alkyl halides is 3. The van der Waals surface area contributed by atoms with E-state index in [1.165, 1.54) is 18.2 Å². The van der Waals surface area contributed by atoms with Gasteiger partial charge in [-0.25, -0.2) is 0 Å². The van der Waals surface area contributed by atoms with Crippen LogP contribution >= 0.6 is 0 Å². The van der Waals surface area contributed by atoms with E-state index >= 15 is 0 Å². The van der Waals surface area contributed by atoms with Crippen LogP contribution in [0.15, 0.2) is 54.6 Å². The maximum atomic E-state index is 12.7. The van der Waals surface area contributed by atoms with Crippen molar-refractivity contribution in [1.29, 1.82) is 0 Å². The molecule has 11 heteroatoms. The second kappa shape index (κ2) is 10.8. The number of anilines is 1. The molecule has 31 heavy (non-hydrogen) atoms. The quantitative estimate of drug-likeness (QED) is 0.455. The molecule has 0 unspecified atom stereocenters. The first-order valence-corrected chi connectivity index (χ1v) is 8.92. The van der Waals surface area contributed by atoms with Gasteiger partial charge in [-0.3, -0.25) is 30.0 Å². The maximum absolute atomic E-state index is 12.7. The van der Waals surface area contributed by atoms with Crippen LogP contribution in [-0.2, 0) is 25.3 Å². The van der Waals surface area contributed by atoms with Crippen molar-refractivity contribution in [3.8, 4) is 0 Å². The summed E-state index contributed by atoms with van der Waals surface area (Å²) in [7, 11) is 0. The van der Waals surface area contributed by atoms with Crippen molar-refractivity contribution in [2.24, 2.45) is 0 Å². The summed E-state index contributed by atoms with van der Waals surface area (Å²) in [6, 6.07) is 12.1. The van der Waals surface area contributed by atoms with Crippen LogP contribution in [0.2, 0.25) is 0 Å². The molecule has 0 saturated heterocycles. The topological polar surface area (TPSA) is 114 Å². The number of benzene rings is 2. The zero-order chi connectivity index (χ0) is 22.9. The summed E-state index contributed by atoms with van der Waals surface area (Å²) in [5.41, 5.74) is 3.53. The third-order valence-electron chi connectivity index (χ3n) is 3.75. The van der Waals surface area contributed by atoms with E-state index in [-0.39, 0.29) is 12.1 Å². The number of halogens is 3. The summed E-state index contributed by atoms with van der Waals surface area (Å²) < 4.78 is 42.7. The lowest BCUT2D eigenvalue weighted by atomic mass is 10.2. The van der Waals surface area contributed by atoms with Gasteiger partial charge in [0.25, 0.3) is 11.8 Å². The van der Waals surface area contributed by atoms with E-state index in [0.717, 1.165) is 18.2 Å². The molecule has 0 fully saturated rings. The van der Waals surface area contributed by atoms with E-state index in [4.69, 9.17) is 0 Å². The molecule has 0 radical (unpaired) electrons. The molecule has 3 N–H and O–H groups in total. The predicted molar refractivity (Wildman–Crippen MR) is 102 cm³/mol. The first-order chi connectivity index (χ1) is 14.6. The van der Waals surface area contributed by atoms with Gasteiger partial charge in [0, 0.05) is 17.7 Å². The zero-order valence-corrected chi connectivity index (χ0v) is 16.0. The van der Waals surface area contributed by atoms with Crippen LogP contribution in [0.3, 0.4) is 0 Å².